The molecule has 0 saturated heterocycles. The molecule has 2 aromatic rings. The van der Waals surface area contributed by atoms with Crippen LogP contribution >= 0.6 is 11.6 Å². The lowest BCUT2D eigenvalue weighted by Gasteiger charge is -2.38. The lowest BCUT2D eigenvalue weighted by Crippen LogP contribution is -2.41. The van der Waals surface area contributed by atoms with Crippen molar-refractivity contribution in [3.63, 3.8) is 0 Å². The maximum absolute atomic E-state index is 12.5. The summed E-state index contributed by atoms with van der Waals surface area (Å²) in [6, 6.07) is 12.9. The van der Waals surface area contributed by atoms with Crippen LogP contribution in [0.3, 0.4) is 0 Å². The number of hydrogen-bond donors (Lipinski definition) is 1. The molecule has 25 heavy (non-hydrogen) atoms. The number of hydrogen-bond acceptors (Lipinski definition) is 3. The largest absolute Gasteiger partial charge is 0.497 e. The van der Waals surface area contributed by atoms with Gasteiger partial charge in [0.15, 0.2) is 0 Å². The predicted octanol–water partition coefficient (Wildman–Crippen LogP) is 4.31. The molecule has 0 aliphatic carbocycles. The Labute approximate surface area is 153 Å². The molecule has 1 aliphatic heterocycles. The highest BCUT2D eigenvalue weighted by Crippen LogP contribution is 2.41. The Balaban J connectivity index is 1.77. The average Bonchev–Trinajstić information content (AvgIpc) is 2.55. The van der Waals surface area contributed by atoms with E-state index in [0.717, 1.165) is 22.6 Å². The molecule has 4 nitrogen and oxygen atoms in total. The smallest absolute Gasteiger partial charge is 0.224 e. The second-order valence-electron chi connectivity index (χ2n) is 6.89. The highest BCUT2D eigenvalue weighted by Gasteiger charge is 2.34. The van der Waals surface area contributed by atoms with Gasteiger partial charge in [0.2, 0.25) is 5.91 Å². The van der Waals surface area contributed by atoms with E-state index in [1.165, 1.54) is 0 Å². The van der Waals surface area contributed by atoms with Crippen LogP contribution < -0.4 is 14.8 Å². The first-order valence-electron chi connectivity index (χ1n) is 8.27. The average molecular weight is 360 g/mol. The van der Waals surface area contributed by atoms with Crippen LogP contribution in [0.1, 0.15) is 37.4 Å². The Morgan fingerprint density at radius 3 is 2.68 bits per heavy atom. The molecule has 1 N–H and O–H groups in total. The monoisotopic (exact) mass is 359 g/mol. The van der Waals surface area contributed by atoms with Gasteiger partial charge < -0.3 is 14.8 Å². The van der Waals surface area contributed by atoms with E-state index in [4.69, 9.17) is 21.1 Å². The van der Waals surface area contributed by atoms with Gasteiger partial charge in [-0.1, -0.05) is 23.7 Å². The number of fused-ring (bicyclic) bond motifs is 1. The fourth-order valence-electron chi connectivity index (χ4n) is 3.12. The molecule has 0 radical (unpaired) electrons. The number of carbonyl (C=O) groups is 1. The molecular weight excluding hydrogens is 338 g/mol. The summed E-state index contributed by atoms with van der Waals surface area (Å²) in [4.78, 5) is 12.5. The summed E-state index contributed by atoms with van der Waals surface area (Å²) in [5, 5.41) is 3.80. The van der Waals surface area contributed by atoms with Crippen molar-refractivity contribution < 1.29 is 14.3 Å². The molecule has 0 bridgehead atoms. The molecule has 0 spiro atoms. The van der Waals surface area contributed by atoms with Crippen molar-refractivity contribution in [3.05, 3.63) is 58.6 Å². The SMILES string of the molecule is COc1ccc2c(c1)OC(C)(C)C[C@@H]2NC(=O)Cc1ccc(Cl)cc1. The summed E-state index contributed by atoms with van der Waals surface area (Å²) < 4.78 is 11.3. The van der Waals surface area contributed by atoms with E-state index in [1.807, 2.05) is 44.2 Å². The van der Waals surface area contributed by atoms with Gasteiger partial charge in [-0.05, 0) is 43.7 Å². The van der Waals surface area contributed by atoms with Crippen LogP contribution in [0.5, 0.6) is 11.5 Å². The highest BCUT2D eigenvalue weighted by atomic mass is 35.5. The highest BCUT2D eigenvalue weighted by molar-refractivity contribution is 6.30. The van der Waals surface area contributed by atoms with Crippen molar-refractivity contribution >= 4 is 17.5 Å². The number of ether oxygens (including phenoxy) is 2. The van der Waals surface area contributed by atoms with Crippen LogP contribution in [0.4, 0.5) is 0 Å². The normalized spacial score (nSPS) is 18.0. The van der Waals surface area contributed by atoms with E-state index in [0.29, 0.717) is 17.9 Å². The number of amides is 1. The molecule has 3 rings (SSSR count). The Morgan fingerprint density at radius 2 is 2.00 bits per heavy atom. The molecular formula is C20H22ClNO3. The molecule has 0 fully saturated rings. The topological polar surface area (TPSA) is 47.6 Å². The van der Waals surface area contributed by atoms with Crippen molar-refractivity contribution in [3.8, 4) is 11.5 Å². The number of nitrogens with one attached hydrogen (secondary N) is 1. The van der Waals surface area contributed by atoms with Crippen molar-refractivity contribution in [1.29, 1.82) is 0 Å². The van der Waals surface area contributed by atoms with Gasteiger partial charge in [0.25, 0.3) is 0 Å². The van der Waals surface area contributed by atoms with Crippen LogP contribution in [0.2, 0.25) is 5.02 Å². The lowest BCUT2D eigenvalue weighted by atomic mass is 9.89. The van der Waals surface area contributed by atoms with Crippen LogP contribution in [0.15, 0.2) is 42.5 Å². The summed E-state index contributed by atoms with van der Waals surface area (Å²) in [7, 11) is 1.63. The standard InChI is InChI=1S/C20H22ClNO3/c1-20(2)12-17(16-9-8-15(24-3)11-18(16)25-20)22-19(23)10-13-4-6-14(21)7-5-13/h4-9,11,17H,10,12H2,1-3H3,(H,22,23)/t17-/m0/s1. The van der Waals surface area contributed by atoms with E-state index < -0.39 is 0 Å². The van der Waals surface area contributed by atoms with Gasteiger partial charge in [-0.25, -0.2) is 0 Å². The van der Waals surface area contributed by atoms with Crippen molar-refractivity contribution in [2.24, 2.45) is 0 Å². The number of carbonyl (C=O) groups excluding carboxylic acids is 1. The van der Waals surface area contributed by atoms with Gasteiger partial charge in [-0.15, -0.1) is 0 Å². The van der Waals surface area contributed by atoms with Gasteiger partial charge >= 0.3 is 0 Å². The molecule has 1 amide bonds. The molecule has 2 aromatic carbocycles. The molecule has 5 heteroatoms. The van der Waals surface area contributed by atoms with E-state index >= 15 is 0 Å². The summed E-state index contributed by atoms with van der Waals surface area (Å²) in [6.45, 7) is 4.04. The molecule has 132 valence electrons. The maximum atomic E-state index is 12.5. The number of benzene rings is 2. The summed E-state index contributed by atoms with van der Waals surface area (Å²) in [6.07, 6.45) is 1.03. The first kappa shape index (κ1) is 17.6. The zero-order valence-electron chi connectivity index (χ0n) is 14.6. The van der Waals surface area contributed by atoms with E-state index in [9.17, 15) is 4.79 Å². The zero-order valence-corrected chi connectivity index (χ0v) is 15.4. The molecule has 0 saturated carbocycles. The Hall–Kier alpha value is -2.20. The minimum atomic E-state index is -0.364. The number of methoxy groups -OCH3 is 1. The van der Waals surface area contributed by atoms with E-state index in [1.54, 1.807) is 19.2 Å². The van der Waals surface area contributed by atoms with Crippen molar-refractivity contribution in [2.45, 2.75) is 38.3 Å². The first-order valence-corrected chi connectivity index (χ1v) is 8.65. The van der Waals surface area contributed by atoms with Gasteiger partial charge in [0.1, 0.15) is 17.1 Å². The predicted molar refractivity (Wildman–Crippen MR) is 98.4 cm³/mol. The van der Waals surface area contributed by atoms with Gasteiger partial charge in [-0.2, -0.15) is 0 Å². The summed E-state index contributed by atoms with van der Waals surface area (Å²) in [5.41, 5.74) is 1.55. The van der Waals surface area contributed by atoms with Crippen LogP contribution in [0.25, 0.3) is 0 Å². The zero-order chi connectivity index (χ0) is 18.0. The third-order valence-electron chi connectivity index (χ3n) is 4.29. The minimum absolute atomic E-state index is 0.0215. The van der Waals surface area contributed by atoms with E-state index in [-0.39, 0.29) is 17.6 Å². The molecule has 1 atom stereocenters. The lowest BCUT2D eigenvalue weighted by molar-refractivity contribution is -0.121. The Kier molecular flexibility index (Phi) is 4.91. The Morgan fingerprint density at radius 1 is 1.28 bits per heavy atom. The Bertz CT molecular complexity index is 771. The number of halogens is 1. The molecule has 0 aromatic heterocycles. The summed E-state index contributed by atoms with van der Waals surface area (Å²) >= 11 is 5.89. The van der Waals surface area contributed by atoms with Gasteiger partial charge in [0.05, 0.1) is 19.6 Å². The molecule has 1 aliphatic rings. The first-order chi connectivity index (χ1) is 11.9. The second kappa shape index (κ2) is 6.96. The van der Waals surface area contributed by atoms with Gasteiger partial charge in [-0.3, -0.25) is 4.79 Å². The number of rotatable bonds is 4. The fourth-order valence-corrected chi connectivity index (χ4v) is 3.25. The van der Waals surface area contributed by atoms with E-state index in [2.05, 4.69) is 5.32 Å². The second-order valence-corrected chi connectivity index (χ2v) is 7.33. The quantitative estimate of drug-likeness (QED) is 0.884. The fraction of sp³-hybridized carbons (Fsp3) is 0.350. The minimum Gasteiger partial charge on any atom is -0.497 e. The third kappa shape index (κ3) is 4.26. The maximum Gasteiger partial charge on any atom is 0.224 e. The van der Waals surface area contributed by atoms with Crippen molar-refractivity contribution in [1.82, 2.24) is 5.32 Å². The van der Waals surface area contributed by atoms with Gasteiger partial charge in [0, 0.05) is 23.1 Å². The van der Waals surface area contributed by atoms with Crippen LogP contribution in [-0.2, 0) is 11.2 Å². The summed E-state index contributed by atoms with van der Waals surface area (Å²) in [5.74, 6) is 1.47. The van der Waals surface area contributed by atoms with Crippen molar-refractivity contribution in [2.75, 3.05) is 7.11 Å². The van der Waals surface area contributed by atoms with Crippen LogP contribution in [0, 0.1) is 0 Å². The molecule has 1 heterocycles. The molecule has 0 unspecified atom stereocenters. The van der Waals surface area contributed by atoms with Crippen LogP contribution in [-0.4, -0.2) is 18.6 Å². The third-order valence-corrected chi connectivity index (χ3v) is 4.54.